The first-order chi connectivity index (χ1) is 8.24. The zero-order valence-corrected chi connectivity index (χ0v) is 14.6. The standard InChI is InChI=1S/C11H25N2O2PS2/c1-7-13(8-2)11(17)12-16(18,14-9(3)4)15-10(5)6/h9-10H,7-8H2,1-6H3,(H,12,17,18)/p-1. The van der Waals surface area contributed by atoms with Crippen LogP contribution in [0.1, 0.15) is 41.5 Å². The first-order valence-electron chi connectivity index (χ1n) is 6.23. The summed E-state index contributed by atoms with van der Waals surface area (Å²) in [5.74, 6) is 0. The Kier molecular flexibility index (Phi) is 8.56. The van der Waals surface area contributed by atoms with E-state index >= 15 is 0 Å². The highest BCUT2D eigenvalue weighted by molar-refractivity contribution is 8.09. The van der Waals surface area contributed by atoms with E-state index in [0.717, 1.165) is 13.1 Å². The van der Waals surface area contributed by atoms with E-state index in [1.54, 1.807) is 0 Å². The summed E-state index contributed by atoms with van der Waals surface area (Å²) >= 11 is 10.7. The predicted octanol–water partition coefficient (Wildman–Crippen LogP) is 3.31. The molecule has 18 heavy (non-hydrogen) atoms. The molecular formula is C11H24N2O2PS2-. The summed E-state index contributed by atoms with van der Waals surface area (Å²) in [5.41, 5.74) is 0. The van der Waals surface area contributed by atoms with Gasteiger partial charge in [-0.15, -0.1) is 0 Å². The lowest BCUT2D eigenvalue weighted by Gasteiger charge is -2.31. The fraction of sp³-hybridized carbons (Fsp3) is 0.909. The Morgan fingerprint density at radius 2 is 1.56 bits per heavy atom. The summed E-state index contributed by atoms with van der Waals surface area (Å²) in [7, 11) is 0. The van der Waals surface area contributed by atoms with Crippen molar-refractivity contribution in [2.75, 3.05) is 13.1 Å². The van der Waals surface area contributed by atoms with Crippen molar-refractivity contribution in [1.82, 2.24) is 4.90 Å². The lowest BCUT2D eigenvalue weighted by atomic mass is 10.5. The van der Waals surface area contributed by atoms with Crippen LogP contribution in [0.4, 0.5) is 0 Å². The summed E-state index contributed by atoms with van der Waals surface area (Å²) in [4.78, 5) is 1.96. The third-order valence-corrected chi connectivity index (χ3v) is 4.99. The molecule has 7 heteroatoms. The number of hydrogen-bond acceptors (Lipinski definition) is 4. The van der Waals surface area contributed by atoms with Crippen molar-refractivity contribution in [2.24, 2.45) is 4.76 Å². The zero-order chi connectivity index (χ0) is 14.3. The van der Waals surface area contributed by atoms with Gasteiger partial charge in [0.15, 0.2) is 0 Å². The van der Waals surface area contributed by atoms with Gasteiger partial charge in [0.05, 0.1) is 12.2 Å². The molecule has 0 rings (SSSR count). The Morgan fingerprint density at radius 3 is 1.83 bits per heavy atom. The number of amidine groups is 1. The molecule has 0 aliphatic rings. The van der Waals surface area contributed by atoms with Gasteiger partial charge >= 0.3 is 6.64 Å². The van der Waals surface area contributed by atoms with Crippen LogP contribution in [0.15, 0.2) is 4.76 Å². The van der Waals surface area contributed by atoms with E-state index in [-0.39, 0.29) is 12.2 Å². The smallest absolute Gasteiger partial charge is 0.309 e. The van der Waals surface area contributed by atoms with E-state index in [1.807, 2.05) is 46.4 Å². The van der Waals surface area contributed by atoms with E-state index in [4.69, 9.17) is 33.5 Å². The lowest BCUT2D eigenvalue weighted by molar-refractivity contribution is 0.175. The molecule has 0 fully saturated rings. The quantitative estimate of drug-likeness (QED) is 0.312. The Labute approximate surface area is 122 Å². The predicted molar refractivity (Wildman–Crippen MR) is 84.4 cm³/mol. The van der Waals surface area contributed by atoms with Crippen molar-refractivity contribution in [3.8, 4) is 0 Å². The molecule has 0 unspecified atom stereocenters. The summed E-state index contributed by atoms with van der Waals surface area (Å²) in [5, 5.41) is 0.477. The molecule has 0 aliphatic carbocycles. The van der Waals surface area contributed by atoms with Crippen LogP contribution >= 0.6 is 6.64 Å². The SMILES string of the molecule is CCN(CC)C([S-])=NP(=S)(OC(C)C)OC(C)C. The van der Waals surface area contributed by atoms with Crippen LogP contribution in [0.25, 0.3) is 0 Å². The van der Waals surface area contributed by atoms with Crippen molar-refractivity contribution in [3.63, 3.8) is 0 Å². The first kappa shape index (κ1) is 18.3. The van der Waals surface area contributed by atoms with Crippen molar-refractivity contribution < 1.29 is 9.05 Å². The van der Waals surface area contributed by atoms with Crippen molar-refractivity contribution >= 4 is 36.2 Å². The van der Waals surface area contributed by atoms with Crippen molar-refractivity contribution in [1.29, 1.82) is 0 Å². The van der Waals surface area contributed by atoms with Gasteiger partial charge in [-0.3, -0.25) is 0 Å². The Hall–Kier alpha value is 0.260. The number of rotatable bonds is 7. The van der Waals surface area contributed by atoms with E-state index in [1.165, 1.54) is 0 Å². The van der Waals surface area contributed by atoms with Gasteiger partial charge in [0.1, 0.15) is 0 Å². The molecule has 0 saturated heterocycles. The number of hydrogen-bond donors (Lipinski definition) is 0. The molecular weight excluding hydrogens is 287 g/mol. The first-order valence-corrected chi connectivity index (χ1v) is 9.23. The maximum absolute atomic E-state index is 5.68. The van der Waals surface area contributed by atoms with E-state index < -0.39 is 6.64 Å². The third kappa shape index (κ3) is 7.00. The largest absolute Gasteiger partial charge is 0.742 e. The van der Waals surface area contributed by atoms with Gasteiger partial charge < -0.3 is 26.6 Å². The summed E-state index contributed by atoms with van der Waals surface area (Å²) in [6.45, 7) is 10.6. The molecule has 0 aromatic heterocycles. The van der Waals surface area contributed by atoms with Gasteiger partial charge in [-0.1, -0.05) is 0 Å². The molecule has 108 valence electrons. The summed E-state index contributed by atoms with van der Waals surface area (Å²) in [6, 6.07) is 0. The van der Waals surface area contributed by atoms with E-state index in [2.05, 4.69) is 4.76 Å². The van der Waals surface area contributed by atoms with E-state index in [9.17, 15) is 0 Å². The fourth-order valence-corrected chi connectivity index (χ4v) is 4.81. The number of nitrogens with zero attached hydrogens (tertiary/aromatic N) is 2. The average molecular weight is 311 g/mol. The second-order valence-electron chi connectivity index (χ2n) is 4.33. The van der Waals surface area contributed by atoms with Crippen LogP contribution in [0.2, 0.25) is 0 Å². The van der Waals surface area contributed by atoms with Crippen LogP contribution in [0, 0.1) is 0 Å². The second kappa shape index (κ2) is 8.43. The second-order valence-corrected chi connectivity index (χ2v) is 7.64. The fourth-order valence-electron chi connectivity index (χ4n) is 1.27. The van der Waals surface area contributed by atoms with Crippen LogP contribution in [0.5, 0.6) is 0 Å². The minimum absolute atomic E-state index is 0.0298. The van der Waals surface area contributed by atoms with Gasteiger partial charge in [0.25, 0.3) is 0 Å². The van der Waals surface area contributed by atoms with Gasteiger partial charge in [-0.25, -0.2) is 4.76 Å². The maximum Gasteiger partial charge on any atom is 0.309 e. The molecule has 0 atom stereocenters. The lowest BCUT2D eigenvalue weighted by Crippen LogP contribution is -2.29. The van der Waals surface area contributed by atoms with Gasteiger partial charge in [0.2, 0.25) is 0 Å². The summed E-state index contributed by atoms with van der Waals surface area (Å²) < 4.78 is 15.7. The molecule has 4 nitrogen and oxygen atoms in total. The normalized spacial score (nSPS) is 13.4. The molecule has 0 aromatic carbocycles. The molecule has 0 aromatic rings. The Balaban J connectivity index is 5.08. The summed E-state index contributed by atoms with van der Waals surface area (Å²) in [6.07, 6.45) is -0.0596. The van der Waals surface area contributed by atoms with Crippen LogP contribution in [-0.2, 0) is 33.5 Å². The zero-order valence-electron chi connectivity index (χ0n) is 12.0. The average Bonchev–Trinajstić information content (AvgIpc) is 2.15. The molecule has 0 bridgehead atoms. The third-order valence-electron chi connectivity index (χ3n) is 1.93. The van der Waals surface area contributed by atoms with Gasteiger partial charge in [-0.2, -0.15) is 0 Å². The van der Waals surface area contributed by atoms with Gasteiger partial charge in [-0.05, 0) is 58.5 Å². The Bertz CT molecular complexity index is 304. The highest BCUT2D eigenvalue weighted by Crippen LogP contribution is 2.52. The molecule has 0 saturated carbocycles. The molecule has 0 amide bonds. The molecule has 0 radical (unpaired) electrons. The molecule has 0 N–H and O–H groups in total. The Morgan fingerprint density at radius 1 is 1.17 bits per heavy atom. The topological polar surface area (TPSA) is 34.1 Å². The van der Waals surface area contributed by atoms with Crippen molar-refractivity contribution in [3.05, 3.63) is 0 Å². The highest BCUT2D eigenvalue weighted by Gasteiger charge is 2.21. The van der Waals surface area contributed by atoms with Crippen LogP contribution in [0.3, 0.4) is 0 Å². The minimum atomic E-state index is -2.69. The molecule has 0 aliphatic heterocycles. The maximum atomic E-state index is 5.68. The highest BCUT2D eigenvalue weighted by atomic mass is 32.5. The van der Waals surface area contributed by atoms with Crippen LogP contribution < -0.4 is 0 Å². The van der Waals surface area contributed by atoms with E-state index in [0.29, 0.717) is 5.17 Å². The van der Waals surface area contributed by atoms with Crippen molar-refractivity contribution in [2.45, 2.75) is 53.8 Å². The minimum Gasteiger partial charge on any atom is -0.742 e. The molecule has 0 heterocycles. The van der Waals surface area contributed by atoms with Crippen LogP contribution in [-0.4, -0.2) is 35.4 Å². The monoisotopic (exact) mass is 311 g/mol. The molecule has 0 spiro atoms. The van der Waals surface area contributed by atoms with Gasteiger partial charge in [0, 0.05) is 13.1 Å².